The SMILES string of the molecule is Cc1csc(CC(N)C2CCS(=O)(=O)C2)n1. The summed E-state index contributed by atoms with van der Waals surface area (Å²) < 4.78 is 22.7. The van der Waals surface area contributed by atoms with E-state index in [1.54, 1.807) is 11.3 Å². The summed E-state index contributed by atoms with van der Waals surface area (Å²) in [6.45, 7) is 1.95. The van der Waals surface area contributed by atoms with Crippen LogP contribution in [0.25, 0.3) is 0 Å². The lowest BCUT2D eigenvalue weighted by Crippen LogP contribution is -2.33. The molecule has 0 amide bonds. The van der Waals surface area contributed by atoms with Crippen molar-refractivity contribution in [2.45, 2.75) is 25.8 Å². The number of aromatic nitrogens is 1. The largest absolute Gasteiger partial charge is 0.327 e. The molecular weight excluding hydrogens is 244 g/mol. The molecule has 1 saturated heterocycles. The first-order valence-corrected chi connectivity index (χ1v) is 8.03. The summed E-state index contributed by atoms with van der Waals surface area (Å²) in [5, 5.41) is 3.00. The number of nitrogens with zero attached hydrogens (tertiary/aromatic N) is 1. The Kier molecular flexibility index (Phi) is 3.32. The second-order valence-corrected chi connectivity index (χ2v) is 7.59. The van der Waals surface area contributed by atoms with Crippen molar-refractivity contribution in [3.05, 3.63) is 16.1 Å². The lowest BCUT2D eigenvalue weighted by atomic mass is 9.98. The molecule has 1 fully saturated rings. The lowest BCUT2D eigenvalue weighted by molar-refractivity contribution is 0.460. The van der Waals surface area contributed by atoms with Crippen LogP contribution < -0.4 is 5.73 Å². The van der Waals surface area contributed by atoms with Crippen molar-refractivity contribution in [2.24, 2.45) is 11.7 Å². The van der Waals surface area contributed by atoms with Crippen molar-refractivity contribution in [1.29, 1.82) is 0 Å². The highest BCUT2D eigenvalue weighted by Gasteiger charge is 2.32. The van der Waals surface area contributed by atoms with E-state index in [1.807, 2.05) is 12.3 Å². The number of hydrogen-bond acceptors (Lipinski definition) is 5. The van der Waals surface area contributed by atoms with Gasteiger partial charge in [-0.3, -0.25) is 0 Å². The minimum Gasteiger partial charge on any atom is -0.327 e. The highest BCUT2D eigenvalue weighted by molar-refractivity contribution is 7.91. The van der Waals surface area contributed by atoms with E-state index in [0.717, 1.165) is 10.7 Å². The van der Waals surface area contributed by atoms with Crippen LogP contribution in [0.5, 0.6) is 0 Å². The van der Waals surface area contributed by atoms with Crippen LogP contribution in [0.1, 0.15) is 17.1 Å². The van der Waals surface area contributed by atoms with Crippen molar-refractivity contribution < 1.29 is 8.42 Å². The summed E-state index contributed by atoms with van der Waals surface area (Å²) in [4.78, 5) is 4.35. The highest BCUT2D eigenvalue weighted by Crippen LogP contribution is 2.23. The average Bonchev–Trinajstić information content (AvgIpc) is 2.72. The summed E-state index contributed by atoms with van der Waals surface area (Å²) in [6, 6.07) is -0.0807. The summed E-state index contributed by atoms with van der Waals surface area (Å²) in [5.41, 5.74) is 7.05. The Balaban J connectivity index is 1.96. The van der Waals surface area contributed by atoms with Gasteiger partial charge < -0.3 is 5.73 Å². The van der Waals surface area contributed by atoms with Crippen LogP contribution in [-0.4, -0.2) is 30.9 Å². The van der Waals surface area contributed by atoms with Gasteiger partial charge in [0.05, 0.1) is 16.5 Å². The van der Waals surface area contributed by atoms with E-state index in [4.69, 9.17) is 5.73 Å². The summed E-state index contributed by atoms with van der Waals surface area (Å²) >= 11 is 1.60. The van der Waals surface area contributed by atoms with E-state index < -0.39 is 9.84 Å². The fourth-order valence-electron chi connectivity index (χ4n) is 2.03. The molecule has 2 N–H and O–H groups in total. The first-order chi connectivity index (χ1) is 7.46. The minimum atomic E-state index is -2.82. The van der Waals surface area contributed by atoms with Gasteiger partial charge >= 0.3 is 0 Å². The molecule has 0 aliphatic carbocycles. The molecule has 0 spiro atoms. The number of thiazole rings is 1. The van der Waals surface area contributed by atoms with Gasteiger partial charge in [-0.05, 0) is 19.3 Å². The molecule has 0 saturated carbocycles. The Morgan fingerprint density at radius 2 is 2.44 bits per heavy atom. The van der Waals surface area contributed by atoms with Crippen LogP contribution in [0.15, 0.2) is 5.38 Å². The molecule has 16 heavy (non-hydrogen) atoms. The third-order valence-electron chi connectivity index (χ3n) is 2.95. The van der Waals surface area contributed by atoms with Gasteiger partial charge in [-0.1, -0.05) is 0 Å². The van der Waals surface area contributed by atoms with Gasteiger partial charge in [-0.2, -0.15) is 0 Å². The first-order valence-electron chi connectivity index (χ1n) is 5.33. The van der Waals surface area contributed by atoms with Crippen LogP contribution in [0.2, 0.25) is 0 Å². The van der Waals surface area contributed by atoms with Crippen molar-refractivity contribution >= 4 is 21.2 Å². The Bertz CT molecular complexity index is 467. The highest BCUT2D eigenvalue weighted by atomic mass is 32.2. The Hall–Kier alpha value is -0.460. The zero-order valence-electron chi connectivity index (χ0n) is 9.22. The molecule has 2 unspecified atom stereocenters. The lowest BCUT2D eigenvalue weighted by Gasteiger charge is -2.15. The molecule has 1 aliphatic heterocycles. The van der Waals surface area contributed by atoms with Crippen molar-refractivity contribution in [2.75, 3.05) is 11.5 Å². The fourth-order valence-corrected chi connectivity index (χ4v) is 4.77. The normalized spacial score (nSPS) is 25.8. The summed E-state index contributed by atoms with van der Waals surface area (Å²) in [6.07, 6.45) is 1.40. The van der Waals surface area contributed by atoms with Crippen LogP contribution in [0, 0.1) is 12.8 Å². The number of sulfone groups is 1. The fraction of sp³-hybridized carbons (Fsp3) is 0.700. The van der Waals surface area contributed by atoms with Crippen molar-refractivity contribution in [3.8, 4) is 0 Å². The van der Waals surface area contributed by atoms with Crippen molar-refractivity contribution in [3.63, 3.8) is 0 Å². The van der Waals surface area contributed by atoms with E-state index >= 15 is 0 Å². The van der Waals surface area contributed by atoms with Crippen LogP contribution >= 0.6 is 11.3 Å². The number of nitrogens with two attached hydrogens (primary N) is 1. The van der Waals surface area contributed by atoms with E-state index in [9.17, 15) is 8.42 Å². The standard InChI is InChI=1S/C10H16N2O2S2/c1-7-5-15-10(12-7)4-9(11)8-2-3-16(13,14)6-8/h5,8-9H,2-4,6,11H2,1H3. The maximum Gasteiger partial charge on any atom is 0.150 e. The number of hydrogen-bond donors (Lipinski definition) is 1. The van der Waals surface area contributed by atoms with Crippen molar-refractivity contribution in [1.82, 2.24) is 4.98 Å². The predicted molar refractivity (Wildman–Crippen MR) is 65.3 cm³/mol. The molecule has 0 bridgehead atoms. The van der Waals surface area contributed by atoms with E-state index in [-0.39, 0.29) is 17.7 Å². The molecule has 4 nitrogen and oxygen atoms in total. The second kappa shape index (κ2) is 4.43. The molecule has 1 aromatic heterocycles. The third kappa shape index (κ3) is 2.81. The van der Waals surface area contributed by atoms with Gasteiger partial charge in [0.25, 0.3) is 0 Å². The van der Waals surface area contributed by atoms with Gasteiger partial charge in [0, 0.05) is 23.5 Å². The van der Waals surface area contributed by atoms with E-state index in [0.29, 0.717) is 18.6 Å². The van der Waals surface area contributed by atoms with Gasteiger partial charge in [-0.25, -0.2) is 13.4 Å². The Morgan fingerprint density at radius 1 is 1.69 bits per heavy atom. The minimum absolute atomic E-state index is 0.0807. The maximum atomic E-state index is 11.3. The van der Waals surface area contributed by atoms with Crippen LogP contribution in [-0.2, 0) is 16.3 Å². The first kappa shape index (κ1) is 12.0. The Morgan fingerprint density at radius 3 is 2.94 bits per heavy atom. The van der Waals surface area contributed by atoms with Crippen LogP contribution in [0.3, 0.4) is 0 Å². The average molecular weight is 260 g/mol. The molecule has 0 aromatic carbocycles. The maximum absolute atomic E-state index is 11.3. The molecule has 1 aliphatic rings. The monoisotopic (exact) mass is 260 g/mol. The van der Waals surface area contributed by atoms with Gasteiger partial charge in [0.2, 0.25) is 0 Å². The summed E-state index contributed by atoms with van der Waals surface area (Å²) in [5.74, 6) is 0.648. The molecule has 6 heteroatoms. The predicted octanol–water partition coefficient (Wildman–Crippen LogP) is 0.756. The third-order valence-corrected chi connectivity index (χ3v) is 5.73. The molecule has 2 atom stereocenters. The topological polar surface area (TPSA) is 73.1 Å². The molecular formula is C10H16N2O2S2. The Labute approximate surface area is 99.8 Å². The van der Waals surface area contributed by atoms with E-state index in [2.05, 4.69) is 4.98 Å². The molecule has 2 rings (SSSR count). The number of aryl methyl sites for hydroxylation is 1. The zero-order valence-corrected chi connectivity index (χ0v) is 10.9. The van der Waals surface area contributed by atoms with Gasteiger partial charge in [-0.15, -0.1) is 11.3 Å². The molecule has 90 valence electrons. The van der Waals surface area contributed by atoms with Crippen LogP contribution in [0.4, 0.5) is 0 Å². The molecule has 0 radical (unpaired) electrons. The second-order valence-electron chi connectivity index (χ2n) is 4.41. The smallest absolute Gasteiger partial charge is 0.150 e. The van der Waals surface area contributed by atoms with Gasteiger partial charge in [0.15, 0.2) is 9.84 Å². The molecule has 1 aromatic rings. The quantitative estimate of drug-likeness (QED) is 0.870. The van der Waals surface area contributed by atoms with Gasteiger partial charge in [0.1, 0.15) is 0 Å². The molecule has 2 heterocycles. The number of rotatable bonds is 3. The van der Waals surface area contributed by atoms with E-state index in [1.165, 1.54) is 0 Å². The summed E-state index contributed by atoms with van der Waals surface area (Å²) in [7, 11) is -2.82. The zero-order chi connectivity index (χ0) is 11.8.